The lowest BCUT2D eigenvalue weighted by molar-refractivity contribution is -0.141. The molecule has 0 radical (unpaired) electrons. The van der Waals surface area contributed by atoms with Crippen LogP contribution in [0.3, 0.4) is 0 Å². The van der Waals surface area contributed by atoms with Gasteiger partial charge in [-0.3, -0.25) is 4.79 Å². The maximum Gasteiger partial charge on any atom is 0.311 e. The fourth-order valence-electron chi connectivity index (χ4n) is 1.26. The molecule has 0 aliphatic carbocycles. The van der Waals surface area contributed by atoms with Crippen LogP contribution < -0.4 is 0 Å². The van der Waals surface area contributed by atoms with Gasteiger partial charge < -0.3 is 9.84 Å². The molecular weight excluding hydrogens is 156 g/mol. The monoisotopic (exact) mass is 170 g/mol. The second kappa shape index (κ2) is 3.72. The molecule has 0 bridgehead atoms. The van der Waals surface area contributed by atoms with Crippen molar-refractivity contribution in [3.8, 4) is 0 Å². The molecule has 0 aromatic heterocycles. The molecule has 12 heavy (non-hydrogen) atoms. The third-order valence-corrected chi connectivity index (χ3v) is 2.05. The largest absolute Gasteiger partial charge is 0.463 e. The molecule has 1 aliphatic heterocycles. The van der Waals surface area contributed by atoms with Crippen LogP contribution in [0.15, 0.2) is 12.2 Å². The maximum atomic E-state index is 11.0. The van der Waals surface area contributed by atoms with Crippen molar-refractivity contribution in [2.24, 2.45) is 5.92 Å². The van der Waals surface area contributed by atoms with Gasteiger partial charge in [0.25, 0.3) is 0 Å². The Morgan fingerprint density at radius 1 is 1.83 bits per heavy atom. The Hall–Kier alpha value is -0.830. The molecule has 1 N–H and O–H groups in total. The van der Waals surface area contributed by atoms with E-state index in [1.54, 1.807) is 0 Å². The summed E-state index contributed by atoms with van der Waals surface area (Å²) in [5.74, 6) is -0.606. The third-order valence-electron chi connectivity index (χ3n) is 2.05. The SMILES string of the molecule is C=C(C)CC[C@@H]1C(=O)OC[C@H]1O. The average molecular weight is 170 g/mol. The Morgan fingerprint density at radius 3 is 2.92 bits per heavy atom. The number of carbonyl (C=O) groups is 1. The fraction of sp³-hybridized carbons (Fsp3) is 0.667. The summed E-state index contributed by atoms with van der Waals surface area (Å²) in [6.07, 6.45) is 0.809. The normalized spacial score (nSPS) is 28.7. The van der Waals surface area contributed by atoms with Crippen LogP contribution in [0.4, 0.5) is 0 Å². The van der Waals surface area contributed by atoms with E-state index in [9.17, 15) is 9.90 Å². The molecule has 3 nitrogen and oxygen atoms in total. The van der Waals surface area contributed by atoms with Gasteiger partial charge >= 0.3 is 5.97 Å². The first-order chi connectivity index (χ1) is 5.61. The number of rotatable bonds is 3. The van der Waals surface area contributed by atoms with Crippen molar-refractivity contribution in [3.05, 3.63) is 12.2 Å². The molecule has 0 saturated carbocycles. The van der Waals surface area contributed by atoms with Gasteiger partial charge in [-0.25, -0.2) is 0 Å². The predicted octanol–water partition coefficient (Wildman–Crippen LogP) is 0.877. The highest BCUT2D eigenvalue weighted by molar-refractivity contribution is 5.75. The van der Waals surface area contributed by atoms with Crippen LogP contribution in [0.1, 0.15) is 19.8 Å². The fourth-order valence-corrected chi connectivity index (χ4v) is 1.26. The average Bonchev–Trinajstić information content (AvgIpc) is 2.28. The molecule has 68 valence electrons. The van der Waals surface area contributed by atoms with Crippen LogP contribution in [-0.2, 0) is 9.53 Å². The van der Waals surface area contributed by atoms with E-state index in [0.29, 0.717) is 6.42 Å². The number of aliphatic hydroxyl groups is 1. The standard InChI is InChI=1S/C9H14O3/c1-6(2)3-4-7-8(10)5-12-9(7)11/h7-8,10H,1,3-5H2,2H3/t7-,8+/m0/s1. The minimum atomic E-state index is -0.614. The molecule has 0 aromatic carbocycles. The predicted molar refractivity (Wildman–Crippen MR) is 44.5 cm³/mol. The van der Waals surface area contributed by atoms with Crippen molar-refractivity contribution in [2.75, 3.05) is 6.61 Å². The van der Waals surface area contributed by atoms with Crippen LogP contribution in [-0.4, -0.2) is 23.8 Å². The zero-order valence-corrected chi connectivity index (χ0v) is 7.25. The molecule has 0 spiro atoms. The number of hydrogen-bond donors (Lipinski definition) is 1. The van der Waals surface area contributed by atoms with Crippen LogP contribution in [0.2, 0.25) is 0 Å². The minimum absolute atomic E-state index is 0.152. The van der Waals surface area contributed by atoms with Crippen molar-refractivity contribution >= 4 is 5.97 Å². The summed E-state index contributed by atoms with van der Waals surface area (Å²) in [4.78, 5) is 11.0. The Labute approximate surface area is 72.0 Å². The lowest BCUT2D eigenvalue weighted by Gasteiger charge is -2.08. The molecule has 0 amide bonds. The molecule has 1 heterocycles. The van der Waals surface area contributed by atoms with Crippen molar-refractivity contribution in [1.29, 1.82) is 0 Å². The van der Waals surface area contributed by atoms with Crippen molar-refractivity contribution in [3.63, 3.8) is 0 Å². The second-order valence-electron chi connectivity index (χ2n) is 3.30. The zero-order valence-electron chi connectivity index (χ0n) is 7.25. The molecule has 1 fully saturated rings. The van der Waals surface area contributed by atoms with E-state index in [0.717, 1.165) is 12.0 Å². The van der Waals surface area contributed by atoms with Gasteiger partial charge in [-0.1, -0.05) is 5.57 Å². The highest BCUT2D eigenvalue weighted by Gasteiger charge is 2.34. The van der Waals surface area contributed by atoms with Gasteiger partial charge in [0.2, 0.25) is 0 Å². The zero-order chi connectivity index (χ0) is 9.14. The van der Waals surface area contributed by atoms with E-state index in [2.05, 4.69) is 6.58 Å². The molecule has 3 heteroatoms. The van der Waals surface area contributed by atoms with E-state index in [-0.39, 0.29) is 18.5 Å². The van der Waals surface area contributed by atoms with Gasteiger partial charge in [0.15, 0.2) is 0 Å². The van der Waals surface area contributed by atoms with E-state index >= 15 is 0 Å². The van der Waals surface area contributed by atoms with Gasteiger partial charge in [0, 0.05) is 0 Å². The number of ether oxygens (including phenoxy) is 1. The van der Waals surface area contributed by atoms with Crippen LogP contribution in [0.5, 0.6) is 0 Å². The minimum Gasteiger partial charge on any atom is -0.463 e. The molecule has 1 aliphatic rings. The summed E-state index contributed by atoms with van der Waals surface area (Å²) in [6, 6.07) is 0. The first-order valence-electron chi connectivity index (χ1n) is 4.10. The molecular formula is C9H14O3. The van der Waals surface area contributed by atoms with Gasteiger partial charge in [-0.2, -0.15) is 0 Å². The quantitative estimate of drug-likeness (QED) is 0.505. The molecule has 1 saturated heterocycles. The molecule has 2 atom stereocenters. The Bertz CT molecular complexity index is 198. The smallest absolute Gasteiger partial charge is 0.311 e. The van der Waals surface area contributed by atoms with Crippen molar-refractivity contribution in [2.45, 2.75) is 25.9 Å². The highest BCUT2D eigenvalue weighted by Crippen LogP contribution is 2.21. The van der Waals surface area contributed by atoms with Gasteiger partial charge in [0.1, 0.15) is 12.7 Å². The first kappa shape index (κ1) is 9.26. The topological polar surface area (TPSA) is 46.5 Å². The summed E-state index contributed by atoms with van der Waals surface area (Å²) in [5, 5.41) is 9.30. The number of esters is 1. The summed E-state index contributed by atoms with van der Waals surface area (Å²) in [5.41, 5.74) is 1.03. The third kappa shape index (κ3) is 2.08. The van der Waals surface area contributed by atoms with E-state index in [1.807, 2.05) is 6.92 Å². The van der Waals surface area contributed by atoms with Crippen molar-refractivity contribution < 1.29 is 14.6 Å². The van der Waals surface area contributed by atoms with Crippen LogP contribution in [0.25, 0.3) is 0 Å². The van der Waals surface area contributed by atoms with Gasteiger partial charge in [-0.15, -0.1) is 6.58 Å². The van der Waals surface area contributed by atoms with E-state index in [4.69, 9.17) is 4.74 Å². The molecule has 0 unspecified atom stereocenters. The highest BCUT2D eigenvalue weighted by atomic mass is 16.6. The number of aliphatic hydroxyl groups excluding tert-OH is 1. The molecule has 0 aromatic rings. The summed E-state index contributed by atoms with van der Waals surface area (Å²) < 4.78 is 4.69. The van der Waals surface area contributed by atoms with Gasteiger partial charge in [-0.05, 0) is 19.8 Å². The Kier molecular flexibility index (Phi) is 2.87. The first-order valence-corrected chi connectivity index (χ1v) is 4.10. The maximum absolute atomic E-state index is 11.0. The molecule has 1 rings (SSSR count). The van der Waals surface area contributed by atoms with E-state index in [1.165, 1.54) is 0 Å². The summed E-state index contributed by atoms with van der Waals surface area (Å²) in [7, 11) is 0. The van der Waals surface area contributed by atoms with Gasteiger partial charge in [0.05, 0.1) is 5.92 Å². The Morgan fingerprint density at radius 2 is 2.50 bits per heavy atom. The summed E-state index contributed by atoms with van der Waals surface area (Å²) >= 11 is 0. The van der Waals surface area contributed by atoms with Crippen molar-refractivity contribution in [1.82, 2.24) is 0 Å². The van der Waals surface area contributed by atoms with Crippen LogP contribution >= 0.6 is 0 Å². The Balaban J connectivity index is 2.39. The van der Waals surface area contributed by atoms with E-state index < -0.39 is 6.10 Å². The number of hydrogen-bond acceptors (Lipinski definition) is 3. The summed E-state index contributed by atoms with van der Waals surface area (Å²) in [6.45, 7) is 5.79. The second-order valence-corrected chi connectivity index (χ2v) is 3.30. The number of allylic oxidation sites excluding steroid dienone is 1. The lowest BCUT2D eigenvalue weighted by Crippen LogP contribution is -2.20. The van der Waals surface area contributed by atoms with Crippen LogP contribution in [0, 0.1) is 5.92 Å². The lowest BCUT2D eigenvalue weighted by atomic mass is 9.97. The number of cyclic esters (lactones) is 1. The number of carbonyl (C=O) groups excluding carboxylic acids is 1.